The van der Waals surface area contributed by atoms with E-state index in [1.54, 1.807) is 13.8 Å². The Morgan fingerprint density at radius 1 is 0.426 bits per heavy atom. The average Bonchev–Trinajstić information content (AvgIpc) is 3.76. The second-order valence-corrected chi connectivity index (χ2v) is 14.5. The molecule has 8 aromatic rings. The molecule has 0 saturated heterocycles. The van der Waals surface area contributed by atoms with Gasteiger partial charge in [0.2, 0.25) is 0 Å². The number of benzene rings is 2. The molecule has 21 heteroatoms. The minimum Gasteiger partial charge on any atom is -0.239 e. The highest BCUT2D eigenvalue weighted by Gasteiger charge is 2.35. The number of pyridine rings is 2. The molecule has 0 spiro atoms. The van der Waals surface area contributed by atoms with E-state index in [0.29, 0.717) is 11.1 Å². The molecule has 312 valence electrons. The molecule has 0 aliphatic rings. The van der Waals surface area contributed by atoms with E-state index in [9.17, 15) is 52.7 Å². The maximum atomic E-state index is 13.7. The zero-order valence-corrected chi connectivity index (χ0v) is 31.6. The number of rotatable bonds is 6. The minimum atomic E-state index is -4.75. The number of halogens is 12. The quantitative estimate of drug-likeness (QED) is 0.121. The largest absolute Gasteiger partial charge is 0.417 e. The van der Waals surface area contributed by atoms with E-state index in [1.807, 2.05) is 0 Å². The summed E-state index contributed by atoms with van der Waals surface area (Å²) in [7, 11) is 0. The van der Waals surface area contributed by atoms with Crippen molar-refractivity contribution in [2.24, 2.45) is 0 Å². The van der Waals surface area contributed by atoms with Gasteiger partial charge in [0.1, 0.15) is 11.4 Å². The number of alkyl halides is 12. The lowest BCUT2D eigenvalue weighted by Crippen LogP contribution is -2.06. The normalized spacial score (nSPS) is 12.8. The summed E-state index contributed by atoms with van der Waals surface area (Å²) >= 11 is 0.817. The molecule has 0 aliphatic heterocycles. The molecule has 8 nitrogen and oxygen atoms in total. The first-order valence-corrected chi connectivity index (χ1v) is 18.3. The Morgan fingerprint density at radius 2 is 0.754 bits per heavy atom. The molecule has 0 fully saturated rings. The SMILES string of the molecule is Cc1cnc(Sc2ncc(C)c(-c3c(-c4ccc(C(F)(F)F)cc4)nn4cc(C(F)(F)F)ccc34)n2)nc1-c1c(-c2ccc(C(F)(F)F)cc2)nn2cc(C(F)(F)F)ccc12. The number of hydrogen-bond donors (Lipinski definition) is 0. The molecule has 0 amide bonds. The van der Waals surface area contributed by atoms with Gasteiger partial charge < -0.3 is 0 Å². The molecule has 0 bridgehead atoms. The third-order valence-corrected chi connectivity index (χ3v) is 10.2. The van der Waals surface area contributed by atoms with E-state index >= 15 is 0 Å². The molecule has 0 atom stereocenters. The van der Waals surface area contributed by atoms with Crippen molar-refractivity contribution in [1.82, 2.24) is 39.2 Å². The van der Waals surface area contributed by atoms with Crippen LogP contribution in [0.5, 0.6) is 0 Å². The fourth-order valence-electron chi connectivity index (χ4n) is 6.48. The van der Waals surface area contributed by atoms with Gasteiger partial charge in [-0.3, -0.25) is 0 Å². The second kappa shape index (κ2) is 14.6. The van der Waals surface area contributed by atoms with E-state index in [1.165, 1.54) is 12.4 Å². The fourth-order valence-corrected chi connectivity index (χ4v) is 7.12. The van der Waals surface area contributed by atoms with E-state index in [4.69, 9.17) is 0 Å². The molecule has 0 unspecified atom stereocenters. The first-order chi connectivity index (χ1) is 28.6. The highest BCUT2D eigenvalue weighted by atomic mass is 32.2. The Morgan fingerprint density at radius 3 is 1.08 bits per heavy atom. The molecule has 8 rings (SSSR count). The van der Waals surface area contributed by atoms with Gasteiger partial charge in [-0.05, 0) is 85.3 Å². The van der Waals surface area contributed by atoms with Crippen LogP contribution in [0, 0.1) is 13.8 Å². The van der Waals surface area contributed by atoms with Gasteiger partial charge in [-0.25, -0.2) is 29.0 Å². The summed E-state index contributed by atoms with van der Waals surface area (Å²) < 4.78 is 165. The summed E-state index contributed by atoms with van der Waals surface area (Å²) in [5, 5.41) is 8.68. The molecule has 6 heterocycles. The van der Waals surface area contributed by atoms with Crippen molar-refractivity contribution in [1.29, 1.82) is 0 Å². The number of hydrogen-bond acceptors (Lipinski definition) is 7. The van der Waals surface area contributed by atoms with Crippen molar-refractivity contribution >= 4 is 22.8 Å². The Kier molecular flexibility index (Phi) is 9.87. The monoisotopic (exact) mass is 874 g/mol. The van der Waals surface area contributed by atoms with Crippen LogP contribution in [0.2, 0.25) is 0 Å². The fraction of sp³-hybridized carbons (Fsp3) is 0.150. The van der Waals surface area contributed by atoms with Gasteiger partial charge in [-0.15, -0.1) is 0 Å². The second-order valence-electron chi connectivity index (χ2n) is 13.6. The molecular formula is C40H22F12N8S. The third-order valence-electron chi connectivity index (χ3n) is 9.44. The van der Waals surface area contributed by atoms with Crippen LogP contribution in [0.3, 0.4) is 0 Å². The van der Waals surface area contributed by atoms with Crippen molar-refractivity contribution < 1.29 is 52.7 Å². The number of nitrogens with zero attached hydrogens (tertiary/aromatic N) is 8. The lowest BCUT2D eigenvalue weighted by Gasteiger charge is -2.11. The van der Waals surface area contributed by atoms with Crippen molar-refractivity contribution in [2.75, 3.05) is 0 Å². The molecule has 0 aliphatic carbocycles. The van der Waals surface area contributed by atoms with Crippen LogP contribution in [0.1, 0.15) is 33.4 Å². The van der Waals surface area contributed by atoms with Crippen LogP contribution in [-0.4, -0.2) is 39.2 Å². The molecule has 61 heavy (non-hydrogen) atoms. The molecule has 0 radical (unpaired) electrons. The summed E-state index contributed by atoms with van der Waals surface area (Å²) in [6, 6.07) is 11.8. The third kappa shape index (κ3) is 7.96. The van der Waals surface area contributed by atoms with Crippen LogP contribution in [0.25, 0.3) is 56.1 Å². The van der Waals surface area contributed by atoms with Crippen molar-refractivity contribution in [3.05, 3.63) is 131 Å². The first kappa shape index (κ1) is 41.2. The van der Waals surface area contributed by atoms with Crippen molar-refractivity contribution in [3.63, 3.8) is 0 Å². The lowest BCUT2D eigenvalue weighted by molar-refractivity contribution is -0.138. The highest BCUT2D eigenvalue weighted by Crippen LogP contribution is 2.42. The predicted octanol–water partition coefficient (Wildman–Crippen LogP) is 12.1. The number of aryl methyl sites for hydroxylation is 2. The van der Waals surface area contributed by atoms with Crippen LogP contribution in [0.4, 0.5) is 52.7 Å². The van der Waals surface area contributed by atoms with E-state index < -0.39 is 47.0 Å². The summed E-state index contributed by atoms with van der Waals surface area (Å²) in [6.07, 6.45) is -14.5. The molecule has 2 aromatic carbocycles. The van der Waals surface area contributed by atoms with Crippen LogP contribution >= 0.6 is 11.8 Å². The van der Waals surface area contributed by atoms with Gasteiger partial charge in [-0.2, -0.15) is 62.9 Å². The standard InChI is InChI=1S/C40H22F12N8S/c1-19-15-53-35(55-31(19)29-27-13-11-25(39(47,48)49)17-59(27)57-33(29)21-3-7-23(8-4-21)37(41,42)43)61-36-54-16-20(2)32(56-36)30-28-14-12-26(40(50,51)52)18-60(28)58-34(30)22-5-9-24(10-6-22)38(44,45)46/h3-18H,1-2H3. The van der Waals surface area contributed by atoms with Gasteiger partial charge in [0.25, 0.3) is 0 Å². The molecule has 0 saturated carbocycles. The Labute approximate surface area is 339 Å². The Hall–Kier alpha value is -6.51. The van der Waals surface area contributed by atoms with Gasteiger partial charge in [0, 0.05) is 35.9 Å². The Balaban J connectivity index is 1.24. The van der Waals surface area contributed by atoms with E-state index in [2.05, 4.69) is 30.1 Å². The summed E-state index contributed by atoms with van der Waals surface area (Å²) in [5.74, 6) is 0. The zero-order chi connectivity index (χ0) is 43.8. The maximum Gasteiger partial charge on any atom is 0.417 e. The van der Waals surface area contributed by atoms with Crippen LogP contribution in [-0.2, 0) is 24.7 Å². The lowest BCUT2D eigenvalue weighted by atomic mass is 10.0. The van der Waals surface area contributed by atoms with Gasteiger partial charge in [-0.1, -0.05) is 24.3 Å². The van der Waals surface area contributed by atoms with Crippen molar-refractivity contribution in [2.45, 2.75) is 48.9 Å². The first-order valence-electron chi connectivity index (χ1n) is 17.5. The smallest absolute Gasteiger partial charge is 0.239 e. The minimum absolute atomic E-state index is 0.00215. The summed E-state index contributed by atoms with van der Waals surface area (Å²) in [6.45, 7) is 3.21. The van der Waals surface area contributed by atoms with E-state index in [0.717, 1.165) is 106 Å². The topological polar surface area (TPSA) is 86.2 Å². The summed E-state index contributed by atoms with van der Waals surface area (Å²) in [5.41, 5.74) is -1.97. The Bertz CT molecular complexity index is 2770. The predicted molar refractivity (Wildman–Crippen MR) is 197 cm³/mol. The van der Waals surface area contributed by atoms with Crippen molar-refractivity contribution in [3.8, 4) is 45.0 Å². The van der Waals surface area contributed by atoms with Gasteiger partial charge >= 0.3 is 24.7 Å². The van der Waals surface area contributed by atoms with Crippen LogP contribution in [0.15, 0.2) is 108 Å². The maximum absolute atomic E-state index is 13.7. The zero-order valence-electron chi connectivity index (χ0n) is 30.8. The molecule has 6 aromatic heterocycles. The molecular weight excluding hydrogens is 853 g/mol. The number of aromatic nitrogens is 8. The molecule has 0 N–H and O–H groups in total. The average molecular weight is 875 g/mol. The van der Waals surface area contributed by atoms with Crippen LogP contribution < -0.4 is 0 Å². The highest BCUT2D eigenvalue weighted by molar-refractivity contribution is 7.99. The summed E-state index contributed by atoms with van der Waals surface area (Å²) in [4.78, 5) is 18.0. The number of fused-ring (bicyclic) bond motifs is 2. The van der Waals surface area contributed by atoms with Gasteiger partial charge in [0.05, 0.1) is 55.8 Å². The van der Waals surface area contributed by atoms with Gasteiger partial charge in [0.15, 0.2) is 10.3 Å². The van der Waals surface area contributed by atoms with E-state index in [-0.39, 0.29) is 66.4 Å².